The molecule has 3 aromatic rings. The van der Waals surface area contributed by atoms with Gasteiger partial charge in [0.2, 0.25) is 0 Å². The summed E-state index contributed by atoms with van der Waals surface area (Å²) < 4.78 is 20.6. The van der Waals surface area contributed by atoms with Gasteiger partial charge in [0.05, 0.1) is 5.52 Å². The van der Waals surface area contributed by atoms with Crippen LogP contribution in [-0.2, 0) is 0 Å². The van der Waals surface area contributed by atoms with Gasteiger partial charge < -0.3 is 15.4 Å². The highest BCUT2D eigenvalue weighted by Gasteiger charge is 2.17. The molecule has 0 radical (unpaired) electrons. The van der Waals surface area contributed by atoms with Crippen LogP contribution in [-0.4, -0.2) is 11.0 Å². The average molecular weight is 377 g/mol. The zero-order chi connectivity index (χ0) is 19.5. The van der Waals surface area contributed by atoms with E-state index in [-0.39, 0.29) is 17.6 Å². The summed E-state index contributed by atoms with van der Waals surface area (Å²) >= 11 is 0. The third-order valence-corrected chi connectivity index (χ3v) is 5.14. The van der Waals surface area contributed by atoms with Crippen LogP contribution in [0.2, 0.25) is 0 Å². The number of ether oxygens (including phenoxy) is 1. The summed E-state index contributed by atoms with van der Waals surface area (Å²) in [5.74, 6) is 0.424. The number of pyridine rings is 1. The van der Waals surface area contributed by atoms with Gasteiger partial charge in [-0.05, 0) is 49.2 Å². The first kappa shape index (κ1) is 18.3. The number of hydrogen-bond donors (Lipinski definition) is 2. The predicted molar refractivity (Wildman–Crippen MR) is 110 cm³/mol. The van der Waals surface area contributed by atoms with Gasteiger partial charge in [0, 0.05) is 42.0 Å². The number of para-hydroxylation sites is 1. The van der Waals surface area contributed by atoms with Crippen molar-refractivity contribution >= 4 is 10.9 Å². The van der Waals surface area contributed by atoms with Gasteiger partial charge >= 0.3 is 0 Å². The molecule has 1 aliphatic heterocycles. The first-order valence-electron chi connectivity index (χ1n) is 9.66. The third-order valence-electron chi connectivity index (χ3n) is 5.14. The summed E-state index contributed by atoms with van der Waals surface area (Å²) in [6.07, 6.45) is 5.75. The maximum Gasteiger partial charge on any atom is 0.166 e. The Bertz CT molecular complexity index is 1010. The Morgan fingerprint density at radius 2 is 2.07 bits per heavy atom. The lowest BCUT2D eigenvalue weighted by atomic mass is 10.1. The molecule has 0 spiro atoms. The van der Waals surface area contributed by atoms with Crippen LogP contribution in [0.25, 0.3) is 10.9 Å². The molecule has 2 atom stereocenters. The lowest BCUT2D eigenvalue weighted by Gasteiger charge is -2.18. The smallest absolute Gasteiger partial charge is 0.166 e. The van der Waals surface area contributed by atoms with Crippen LogP contribution in [0.5, 0.6) is 11.5 Å². The molecule has 0 saturated carbocycles. The van der Waals surface area contributed by atoms with Crippen molar-refractivity contribution in [2.75, 3.05) is 0 Å². The Kier molecular flexibility index (Phi) is 5.15. The van der Waals surface area contributed by atoms with Crippen LogP contribution in [0.15, 0.2) is 66.6 Å². The second-order valence-electron chi connectivity index (χ2n) is 7.13. The molecular formula is C23H24FN3O. The molecule has 2 N–H and O–H groups in total. The van der Waals surface area contributed by atoms with E-state index in [0.717, 1.165) is 35.0 Å². The van der Waals surface area contributed by atoms with Crippen molar-refractivity contribution in [1.82, 2.24) is 15.6 Å². The van der Waals surface area contributed by atoms with Crippen molar-refractivity contribution in [2.45, 2.75) is 38.8 Å². The number of halogens is 1. The quantitative estimate of drug-likeness (QED) is 0.601. The topological polar surface area (TPSA) is 46.2 Å². The molecule has 144 valence electrons. The minimum atomic E-state index is -0.378. The van der Waals surface area contributed by atoms with E-state index in [9.17, 15) is 4.39 Å². The zero-order valence-corrected chi connectivity index (χ0v) is 16.1. The number of rotatable bonds is 6. The monoisotopic (exact) mass is 377 g/mol. The van der Waals surface area contributed by atoms with Crippen LogP contribution >= 0.6 is 0 Å². The summed E-state index contributed by atoms with van der Waals surface area (Å²) in [6, 6.07) is 15.0. The van der Waals surface area contributed by atoms with E-state index >= 15 is 0 Å². The molecule has 2 unspecified atom stereocenters. The van der Waals surface area contributed by atoms with E-state index in [1.54, 1.807) is 18.3 Å². The number of nitrogens with one attached hydrogen (secondary N) is 2. The molecule has 28 heavy (non-hydrogen) atoms. The minimum absolute atomic E-state index is 0.00830. The fourth-order valence-electron chi connectivity index (χ4n) is 3.47. The molecule has 0 bridgehead atoms. The van der Waals surface area contributed by atoms with E-state index < -0.39 is 0 Å². The normalized spacial score (nSPS) is 17.1. The molecule has 5 heteroatoms. The number of fused-ring (bicyclic) bond motifs is 1. The summed E-state index contributed by atoms with van der Waals surface area (Å²) in [7, 11) is 0. The third kappa shape index (κ3) is 3.79. The molecule has 2 heterocycles. The van der Waals surface area contributed by atoms with Gasteiger partial charge in [-0.1, -0.05) is 25.1 Å². The van der Waals surface area contributed by atoms with Crippen molar-refractivity contribution in [2.24, 2.45) is 0 Å². The van der Waals surface area contributed by atoms with Crippen LogP contribution in [0.1, 0.15) is 38.3 Å². The number of aromatic nitrogens is 1. The Hall–Kier alpha value is -3.08. The van der Waals surface area contributed by atoms with Gasteiger partial charge in [-0.3, -0.25) is 4.98 Å². The summed E-state index contributed by atoms with van der Waals surface area (Å²) in [4.78, 5) is 4.31. The SMILES string of the molecule is CCC1CC(NC(C)c2ccc(Oc3ccnc4ccccc34)c(F)c2)=CN1. The fourth-order valence-corrected chi connectivity index (χ4v) is 3.47. The summed E-state index contributed by atoms with van der Waals surface area (Å²) in [5.41, 5.74) is 2.85. The number of nitrogens with zero attached hydrogens (tertiary/aromatic N) is 1. The minimum Gasteiger partial charge on any atom is -0.454 e. The molecule has 1 aromatic heterocycles. The van der Waals surface area contributed by atoms with Crippen LogP contribution < -0.4 is 15.4 Å². The van der Waals surface area contributed by atoms with Crippen LogP contribution in [0.3, 0.4) is 0 Å². The lowest BCUT2D eigenvalue weighted by Crippen LogP contribution is -2.20. The molecule has 0 aliphatic carbocycles. The maximum atomic E-state index is 14.7. The molecule has 1 aliphatic rings. The summed E-state index contributed by atoms with van der Waals surface area (Å²) in [5, 5.41) is 7.67. The summed E-state index contributed by atoms with van der Waals surface area (Å²) in [6.45, 7) is 4.20. The van der Waals surface area contributed by atoms with Gasteiger partial charge in [0.25, 0.3) is 0 Å². The van der Waals surface area contributed by atoms with Crippen molar-refractivity contribution in [3.63, 3.8) is 0 Å². The van der Waals surface area contributed by atoms with E-state index in [4.69, 9.17) is 4.74 Å². The number of benzene rings is 2. The Balaban J connectivity index is 1.50. The van der Waals surface area contributed by atoms with Crippen LogP contribution in [0, 0.1) is 5.82 Å². The predicted octanol–water partition coefficient (Wildman–Crippen LogP) is 5.43. The van der Waals surface area contributed by atoms with Crippen molar-refractivity contribution in [1.29, 1.82) is 0 Å². The van der Waals surface area contributed by atoms with Crippen LogP contribution in [0.4, 0.5) is 4.39 Å². The first-order valence-corrected chi connectivity index (χ1v) is 9.66. The van der Waals surface area contributed by atoms with Gasteiger partial charge in [-0.2, -0.15) is 0 Å². The van der Waals surface area contributed by atoms with Gasteiger partial charge in [-0.25, -0.2) is 4.39 Å². The average Bonchev–Trinajstić information content (AvgIpc) is 3.17. The standard InChI is InChI=1S/C23H24FN3O/c1-3-17-13-18(14-26-17)27-15(2)16-8-9-23(20(24)12-16)28-22-10-11-25-21-7-5-4-6-19(21)22/h4-12,14-15,17,26-27H,3,13H2,1-2H3. The highest BCUT2D eigenvalue weighted by molar-refractivity contribution is 5.84. The molecule has 0 amide bonds. The Labute approximate surface area is 164 Å². The zero-order valence-electron chi connectivity index (χ0n) is 16.1. The van der Waals surface area contributed by atoms with Crippen molar-refractivity contribution in [3.05, 3.63) is 78.0 Å². The van der Waals surface area contributed by atoms with E-state index in [2.05, 4.69) is 22.5 Å². The Morgan fingerprint density at radius 1 is 1.21 bits per heavy atom. The van der Waals surface area contributed by atoms with Crippen molar-refractivity contribution in [3.8, 4) is 11.5 Å². The van der Waals surface area contributed by atoms with E-state index in [1.807, 2.05) is 43.5 Å². The number of hydrogen-bond acceptors (Lipinski definition) is 4. The maximum absolute atomic E-state index is 14.7. The van der Waals surface area contributed by atoms with E-state index in [1.165, 1.54) is 6.07 Å². The second-order valence-corrected chi connectivity index (χ2v) is 7.13. The second kappa shape index (κ2) is 7.89. The molecule has 0 fully saturated rings. The lowest BCUT2D eigenvalue weighted by molar-refractivity contribution is 0.444. The van der Waals surface area contributed by atoms with E-state index in [0.29, 0.717) is 11.8 Å². The molecular weight excluding hydrogens is 353 g/mol. The van der Waals surface area contributed by atoms with Gasteiger partial charge in [0.1, 0.15) is 5.75 Å². The molecule has 4 rings (SSSR count). The first-order chi connectivity index (χ1) is 13.6. The van der Waals surface area contributed by atoms with Crippen molar-refractivity contribution < 1.29 is 9.13 Å². The fraction of sp³-hybridized carbons (Fsp3) is 0.261. The largest absolute Gasteiger partial charge is 0.454 e. The Morgan fingerprint density at radius 3 is 2.86 bits per heavy atom. The molecule has 2 aromatic carbocycles. The highest BCUT2D eigenvalue weighted by atomic mass is 19.1. The molecule has 4 nitrogen and oxygen atoms in total. The highest BCUT2D eigenvalue weighted by Crippen LogP contribution is 2.31. The van der Waals surface area contributed by atoms with Gasteiger partial charge in [0.15, 0.2) is 11.6 Å². The van der Waals surface area contributed by atoms with Gasteiger partial charge in [-0.15, -0.1) is 0 Å². The molecule has 0 saturated heterocycles.